The summed E-state index contributed by atoms with van der Waals surface area (Å²) in [5.74, 6) is 0.892. The van der Waals surface area contributed by atoms with Crippen LogP contribution in [0.3, 0.4) is 0 Å². The van der Waals surface area contributed by atoms with Crippen LogP contribution in [-0.4, -0.2) is 54.4 Å². The van der Waals surface area contributed by atoms with Gasteiger partial charge in [-0.15, -0.1) is 5.10 Å². The van der Waals surface area contributed by atoms with Crippen LogP contribution in [0.15, 0.2) is 0 Å². The van der Waals surface area contributed by atoms with Crippen molar-refractivity contribution in [1.82, 2.24) is 25.1 Å². The zero-order chi connectivity index (χ0) is 14.5. The maximum Gasteiger partial charge on any atom is 0.150 e. The lowest BCUT2D eigenvalue weighted by Crippen LogP contribution is -2.40. The highest BCUT2D eigenvalue weighted by Gasteiger charge is 2.24. The third-order valence-corrected chi connectivity index (χ3v) is 4.55. The fraction of sp³-hybridized carbons (Fsp3) is 0.846. The quantitative estimate of drug-likeness (QED) is 0.821. The summed E-state index contributed by atoms with van der Waals surface area (Å²) in [7, 11) is 3.90. The molecule has 7 heteroatoms. The van der Waals surface area contributed by atoms with Gasteiger partial charge in [0, 0.05) is 26.6 Å². The van der Waals surface area contributed by atoms with Gasteiger partial charge in [0.1, 0.15) is 0 Å². The molecule has 0 saturated heterocycles. The van der Waals surface area contributed by atoms with E-state index < -0.39 is 0 Å². The SMILES string of the molecule is CN(C(=S)CCCc1nnnn1C)C1CCCC(O)C1. The Labute approximate surface area is 125 Å². The Bertz CT molecular complexity index is 450. The minimum absolute atomic E-state index is 0.163. The summed E-state index contributed by atoms with van der Waals surface area (Å²) in [5, 5.41) is 21.2. The lowest BCUT2D eigenvalue weighted by atomic mass is 9.92. The smallest absolute Gasteiger partial charge is 0.150 e. The van der Waals surface area contributed by atoms with Crippen molar-refractivity contribution >= 4 is 17.2 Å². The molecule has 1 N–H and O–H groups in total. The number of nitrogens with zero attached hydrogens (tertiary/aromatic N) is 5. The molecule has 0 radical (unpaired) electrons. The number of aryl methyl sites for hydroxylation is 2. The van der Waals surface area contributed by atoms with Crippen molar-refractivity contribution in [2.75, 3.05) is 7.05 Å². The molecule has 1 saturated carbocycles. The molecule has 1 aromatic heterocycles. The van der Waals surface area contributed by atoms with Gasteiger partial charge in [0.15, 0.2) is 5.82 Å². The molecule has 6 nitrogen and oxygen atoms in total. The van der Waals surface area contributed by atoms with Crippen molar-refractivity contribution in [1.29, 1.82) is 0 Å². The number of hydrogen-bond acceptors (Lipinski definition) is 5. The van der Waals surface area contributed by atoms with E-state index in [9.17, 15) is 5.11 Å². The summed E-state index contributed by atoms with van der Waals surface area (Å²) in [6.07, 6.45) is 6.47. The molecule has 0 aromatic carbocycles. The number of aliphatic hydroxyl groups is 1. The molecule has 2 unspecified atom stereocenters. The highest BCUT2D eigenvalue weighted by Crippen LogP contribution is 2.23. The number of aliphatic hydroxyl groups excluding tert-OH is 1. The monoisotopic (exact) mass is 297 g/mol. The Morgan fingerprint density at radius 3 is 2.95 bits per heavy atom. The molecule has 0 aliphatic heterocycles. The van der Waals surface area contributed by atoms with Crippen LogP contribution in [0.1, 0.15) is 44.3 Å². The molecule has 20 heavy (non-hydrogen) atoms. The largest absolute Gasteiger partial charge is 0.393 e. The molecule has 1 aliphatic rings. The molecule has 1 fully saturated rings. The van der Waals surface area contributed by atoms with Crippen LogP contribution >= 0.6 is 12.2 Å². The van der Waals surface area contributed by atoms with Gasteiger partial charge in [-0.2, -0.15) is 0 Å². The topological polar surface area (TPSA) is 67.1 Å². The Morgan fingerprint density at radius 1 is 1.50 bits per heavy atom. The minimum Gasteiger partial charge on any atom is -0.393 e. The van der Waals surface area contributed by atoms with E-state index in [4.69, 9.17) is 12.2 Å². The van der Waals surface area contributed by atoms with E-state index in [1.54, 1.807) is 4.68 Å². The molecule has 1 aromatic rings. The van der Waals surface area contributed by atoms with Gasteiger partial charge in [0.25, 0.3) is 0 Å². The molecule has 0 bridgehead atoms. The predicted molar refractivity (Wildman–Crippen MR) is 80.4 cm³/mol. The Kier molecular flexibility index (Phi) is 5.42. The maximum atomic E-state index is 9.75. The molecule has 0 spiro atoms. The van der Waals surface area contributed by atoms with Crippen molar-refractivity contribution in [2.45, 2.75) is 57.1 Å². The minimum atomic E-state index is -0.163. The number of rotatable bonds is 5. The van der Waals surface area contributed by atoms with Crippen molar-refractivity contribution in [3.8, 4) is 0 Å². The number of hydrogen-bond donors (Lipinski definition) is 1. The normalized spacial score (nSPS) is 22.8. The van der Waals surface area contributed by atoms with E-state index in [0.717, 1.165) is 55.8 Å². The van der Waals surface area contributed by atoms with Gasteiger partial charge < -0.3 is 10.0 Å². The van der Waals surface area contributed by atoms with Crippen LogP contribution in [0.5, 0.6) is 0 Å². The number of thiocarbonyl (C=S) groups is 1. The van der Waals surface area contributed by atoms with Crippen LogP contribution < -0.4 is 0 Å². The van der Waals surface area contributed by atoms with E-state index in [0.29, 0.717) is 6.04 Å². The third-order valence-electron chi connectivity index (χ3n) is 4.06. The second-order valence-corrected chi connectivity index (χ2v) is 6.02. The molecular formula is C13H23N5OS. The van der Waals surface area contributed by atoms with E-state index in [1.807, 2.05) is 7.05 Å². The van der Waals surface area contributed by atoms with Crippen LogP contribution in [-0.2, 0) is 13.5 Å². The van der Waals surface area contributed by atoms with E-state index in [-0.39, 0.29) is 6.10 Å². The molecule has 2 atom stereocenters. The Balaban J connectivity index is 1.75. The van der Waals surface area contributed by atoms with Crippen LogP contribution in [0, 0.1) is 0 Å². The van der Waals surface area contributed by atoms with Crippen molar-refractivity contribution in [2.24, 2.45) is 7.05 Å². The fourth-order valence-corrected chi connectivity index (χ4v) is 3.02. The highest BCUT2D eigenvalue weighted by molar-refractivity contribution is 7.80. The Morgan fingerprint density at radius 2 is 2.30 bits per heavy atom. The Hall–Kier alpha value is -1.08. The van der Waals surface area contributed by atoms with E-state index >= 15 is 0 Å². The van der Waals surface area contributed by atoms with Gasteiger partial charge in [-0.3, -0.25) is 0 Å². The first kappa shape index (κ1) is 15.3. The van der Waals surface area contributed by atoms with Crippen LogP contribution in [0.25, 0.3) is 0 Å². The molecule has 1 aliphatic carbocycles. The van der Waals surface area contributed by atoms with Gasteiger partial charge in [0.05, 0.1) is 11.1 Å². The second kappa shape index (κ2) is 7.08. The zero-order valence-electron chi connectivity index (χ0n) is 12.2. The summed E-state index contributed by atoms with van der Waals surface area (Å²) in [4.78, 5) is 3.14. The second-order valence-electron chi connectivity index (χ2n) is 5.55. The van der Waals surface area contributed by atoms with Crippen LogP contribution in [0.4, 0.5) is 0 Å². The van der Waals surface area contributed by atoms with E-state index in [2.05, 4.69) is 27.5 Å². The van der Waals surface area contributed by atoms with Gasteiger partial charge >= 0.3 is 0 Å². The summed E-state index contributed by atoms with van der Waals surface area (Å²) in [6, 6.07) is 0.391. The third kappa shape index (κ3) is 3.96. The zero-order valence-corrected chi connectivity index (χ0v) is 13.0. The average molecular weight is 297 g/mol. The molecule has 112 valence electrons. The summed E-state index contributed by atoms with van der Waals surface area (Å²) in [6.45, 7) is 0. The number of aromatic nitrogens is 4. The highest BCUT2D eigenvalue weighted by atomic mass is 32.1. The first-order valence-corrected chi connectivity index (χ1v) is 7.63. The molecule has 0 amide bonds. The lowest BCUT2D eigenvalue weighted by Gasteiger charge is -2.35. The summed E-state index contributed by atoms with van der Waals surface area (Å²) in [5.41, 5.74) is 0. The first-order valence-electron chi connectivity index (χ1n) is 7.23. The van der Waals surface area contributed by atoms with Crippen molar-refractivity contribution in [3.63, 3.8) is 0 Å². The molecule has 1 heterocycles. The summed E-state index contributed by atoms with van der Waals surface area (Å²) >= 11 is 5.51. The average Bonchev–Trinajstić information content (AvgIpc) is 2.83. The molecular weight excluding hydrogens is 274 g/mol. The first-order chi connectivity index (χ1) is 9.58. The standard InChI is InChI=1S/C13H23N5OS/c1-17(10-5-3-6-11(19)9-10)13(20)8-4-7-12-14-15-16-18(12)2/h10-11,19H,3-9H2,1-2H3. The fourth-order valence-electron chi connectivity index (χ4n) is 2.73. The van der Waals surface area contributed by atoms with Crippen molar-refractivity contribution < 1.29 is 5.11 Å². The van der Waals surface area contributed by atoms with Crippen LogP contribution in [0.2, 0.25) is 0 Å². The van der Waals surface area contributed by atoms with Gasteiger partial charge in [-0.05, 0) is 49.0 Å². The lowest BCUT2D eigenvalue weighted by molar-refractivity contribution is 0.0934. The van der Waals surface area contributed by atoms with E-state index in [1.165, 1.54) is 0 Å². The maximum absolute atomic E-state index is 9.75. The van der Waals surface area contributed by atoms with Gasteiger partial charge in [-0.25, -0.2) is 4.68 Å². The predicted octanol–water partition coefficient (Wildman–Crippen LogP) is 1.10. The van der Waals surface area contributed by atoms with Gasteiger partial charge in [0.2, 0.25) is 0 Å². The number of tetrazole rings is 1. The summed E-state index contributed by atoms with van der Waals surface area (Å²) < 4.78 is 1.70. The van der Waals surface area contributed by atoms with Gasteiger partial charge in [-0.1, -0.05) is 12.2 Å². The molecule has 2 rings (SSSR count). The van der Waals surface area contributed by atoms with Crippen molar-refractivity contribution in [3.05, 3.63) is 5.82 Å².